The SMILES string of the molecule is COC(=O)[C@H]1C[C@H](OC)[C@H](OC)C[C@H]1C(=O)OC. The van der Waals surface area contributed by atoms with Crippen molar-refractivity contribution in [3.8, 4) is 0 Å². The molecular formula is C12H20O6. The number of ether oxygens (including phenoxy) is 4. The number of methoxy groups -OCH3 is 4. The van der Waals surface area contributed by atoms with Crippen molar-refractivity contribution in [2.75, 3.05) is 28.4 Å². The van der Waals surface area contributed by atoms with Crippen molar-refractivity contribution in [2.24, 2.45) is 11.8 Å². The molecule has 4 atom stereocenters. The predicted molar refractivity (Wildman–Crippen MR) is 61.8 cm³/mol. The Kier molecular flexibility index (Phi) is 5.55. The first-order valence-electron chi connectivity index (χ1n) is 5.80. The summed E-state index contributed by atoms with van der Waals surface area (Å²) in [7, 11) is 5.73. The number of esters is 2. The van der Waals surface area contributed by atoms with Crippen LogP contribution in [0.25, 0.3) is 0 Å². The molecule has 1 aliphatic rings. The highest BCUT2D eigenvalue weighted by atomic mass is 16.5. The average Bonchev–Trinajstić information content (AvgIpc) is 2.43. The van der Waals surface area contributed by atoms with Gasteiger partial charge in [0.2, 0.25) is 0 Å². The maximum atomic E-state index is 11.7. The van der Waals surface area contributed by atoms with Gasteiger partial charge in [0.1, 0.15) is 0 Å². The number of carbonyl (C=O) groups is 2. The fourth-order valence-electron chi connectivity index (χ4n) is 2.45. The summed E-state index contributed by atoms with van der Waals surface area (Å²) in [5.41, 5.74) is 0. The Labute approximate surface area is 107 Å². The smallest absolute Gasteiger partial charge is 0.309 e. The highest BCUT2D eigenvalue weighted by Gasteiger charge is 2.45. The lowest BCUT2D eigenvalue weighted by Crippen LogP contribution is -2.47. The number of hydrogen-bond acceptors (Lipinski definition) is 6. The summed E-state index contributed by atoms with van der Waals surface area (Å²) in [6.45, 7) is 0. The maximum Gasteiger partial charge on any atom is 0.309 e. The van der Waals surface area contributed by atoms with Gasteiger partial charge < -0.3 is 18.9 Å². The van der Waals surface area contributed by atoms with E-state index in [9.17, 15) is 9.59 Å². The molecule has 0 bridgehead atoms. The van der Waals surface area contributed by atoms with Crippen LogP contribution >= 0.6 is 0 Å². The molecule has 6 nitrogen and oxygen atoms in total. The second-order valence-electron chi connectivity index (χ2n) is 4.28. The van der Waals surface area contributed by atoms with E-state index in [-0.39, 0.29) is 12.2 Å². The van der Waals surface area contributed by atoms with Gasteiger partial charge >= 0.3 is 11.9 Å². The zero-order chi connectivity index (χ0) is 13.7. The van der Waals surface area contributed by atoms with Gasteiger partial charge in [-0.05, 0) is 12.8 Å². The summed E-state index contributed by atoms with van der Waals surface area (Å²) in [6, 6.07) is 0. The summed E-state index contributed by atoms with van der Waals surface area (Å²) in [4.78, 5) is 23.5. The van der Waals surface area contributed by atoms with Gasteiger partial charge in [-0.25, -0.2) is 0 Å². The van der Waals surface area contributed by atoms with E-state index < -0.39 is 23.8 Å². The molecule has 0 unspecified atom stereocenters. The lowest BCUT2D eigenvalue weighted by atomic mass is 9.76. The van der Waals surface area contributed by atoms with Crippen molar-refractivity contribution >= 4 is 11.9 Å². The molecule has 0 aromatic carbocycles. The number of hydrogen-bond donors (Lipinski definition) is 0. The third-order valence-corrected chi connectivity index (χ3v) is 3.49. The lowest BCUT2D eigenvalue weighted by Gasteiger charge is -2.37. The van der Waals surface area contributed by atoms with Crippen molar-refractivity contribution in [1.82, 2.24) is 0 Å². The first kappa shape index (κ1) is 14.9. The fraction of sp³-hybridized carbons (Fsp3) is 0.833. The van der Waals surface area contributed by atoms with Crippen LogP contribution in [0.1, 0.15) is 12.8 Å². The predicted octanol–water partition coefficient (Wildman–Crippen LogP) is 0.389. The Morgan fingerprint density at radius 1 is 0.778 bits per heavy atom. The molecule has 0 saturated heterocycles. The van der Waals surface area contributed by atoms with Crippen molar-refractivity contribution in [3.05, 3.63) is 0 Å². The minimum absolute atomic E-state index is 0.222. The molecular weight excluding hydrogens is 240 g/mol. The molecule has 0 N–H and O–H groups in total. The second kappa shape index (κ2) is 6.70. The molecule has 0 aromatic rings. The average molecular weight is 260 g/mol. The largest absolute Gasteiger partial charge is 0.469 e. The van der Waals surface area contributed by atoms with E-state index in [4.69, 9.17) is 18.9 Å². The normalized spacial score (nSPS) is 31.8. The Balaban J connectivity index is 2.90. The van der Waals surface area contributed by atoms with Gasteiger partial charge in [-0.2, -0.15) is 0 Å². The molecule has 0 amide bonds. The Hall–Kier alpha value is -1.14. The van der Waals surface area contributed by atoms with Crippen LogP contribution < -0.4 is 0 Å². The molecule has 104 valence electrons. The maximum absolute atomic E-state index is 11.7. The minimum Gasteiger partial charge on any atom is -0.469 e. The fourth-order valence-corrected chi connectivity index (χ4v) is 2.45. The third kappa shape index (κ3) is 3.00. The summed E-state index contributed by atoms with van der Waals surface area (Å²) in [5.74, 6) is -1.92. The van der Waals surface area contributed by atoms with E-state index in [1.165, 1.54) is 14.2 Å². The number of rotatable bonds is 4. The van der Waals surface area contributed by atoms with E-state index in [1.807, 2.05) is 0 Å². The van der Waals surface area contributed by atoms with E-state index in [1.54, 1.807) is 14.2 Å². The molecule has 1 fully saturated rings. The van der Waals surface area contributed by atoms with Crippen LogP contribution in [0.4, 0.5) is 0 Å². The van der Waals surface area contributed by atoms with Gasteiger partial charge in [-0.3, -0.25) is 9.59 Å². The van der Waals surface area contributed by atoms with Gasteiger partial charge in [0.25, 0.3) is 0 Å². The summed E-state index contributed by atoms with van der Waals surface area (Å²) in [6.07, 6.45) is 0.336. The Bertz CT molecular complexity index is 273. The molecule has 1 rings (SSSR count). The number of carbonyl (C=O) groups excluding carboxylic acids is 2. The van der Waals surface area contributed by atoms with Gasteiger partial charge in [0.05, 0.1) is 38.3 Å². The molecule has 1 aliphatic carbocycles. The van der Waals surface area contributed by atoms with Gasteiger partial charge in [-0.15, -0.1) is 0 Å². The third-order valence-electron chi connectivity index (χ3n) is 3.49. The first-order valence-corrected chi connectivity index (χ1v) is 5.80. The van der Waals surface area contributed by atoms with E-state index in [2.05, 4.69) is 0 Å². The van der Waals surface area contributed by atoms with E-state index >= 15 is 0 Å². The summed E-state index contributed by atoms with van der Waals surface area (Å²) >= 11 is 0. The summed E-state index contributed by atoms with van der Waals surface area (Å²) < 4.78 is 20.1. The topological polar surface area (TPSA) is 71.1 Å². The highest BCUT2D eigenvalue weighted by molar-refractivity contribution is 5.82. The quantitative estimate of drug-likeness (QED) is 0.681. The van der Waals surface area contributed by atoms with Crippen molar-refractivity contribution in [2.45, 2.75) is 25.0 Å². The van der Waals surface area contributed by atoms with Crippen LogP contribution in [-0.4, -0.2) is 52.6 Å². The second-order valence-corrected chi connectivity index (χ2v) is 4.28. The molecule has 18 heavy (non-hydrogen) atoms. The highest BCUT2D eigenvalue weighted by Crippen LogP contribution is 2.34. The van der Waals surface area contributed by atoms with Crippen LogP contribution in [0.2, 0.25) is 0 Å². The molecule has 0 spiro atoms. The monoisotopic (exact) mass is 260 g/mol. The zero-order valence-corrected chi connectivity index (χ0v) is 11.2. The molecule has 6 heteroatoms. The lowest BCUT2D eigenvalue weighted by molar-refractivity contribution is -0.169. The van der Waals surface area contributed by atoms with Crippen LogP contribution in [0.15, 0.2) is 0 Å². The van der Waals surface area contributed by atoms with Crippen molar-refractivity contribution in [1.29, 1.82) is 0 Å². The molecule has 1 saturated carbocycles. The van der Waals surface area contributed by atoms with Gasteiger partial charge in [0, 0.05) is 14.2 Å². The summed E-state index contributed by atoms with van der Waals surface area (Å²) in [5, 5.41) is 0. The van der Waals surface area contributed by atoms with Crippen LogP contribution in [0.5, 0.6) is 0 Å². The Morgan fingerprint density at radius 3 is 1.33 bits per heavy atom. The van der Waals surface area contributed by atoms with Gasteiger partial charge in [0.15, 0.2) is 0 Å². The van der Waals surface area contributed by atoms with Crippen molar-refractivity contribution < 1.29 is 28.5 Å². The standard InChI is InChI=1S/C12H20O6/c1-15-9-5-7(11(13)17-3)8(12(14)18-4)6-10(9)16-2/h7-10H,5-6H2,1-4H3/t7-,8+,9-,10+. The minimum atomic E-state index is -0.543. The molecule has 0 aliphatic heterocycles. The Morgan fingerprint density at radius 2 is 1.11 bits per heavy atom. The van der Waals surface area contributed by atoms with Crippen LogP contribution in [0, 0.1) is 11.8 Å². The molecule has 0 radical (unpaired) electrons. The zero-order valence-electron chi connectivity index (χ0n) is 11.2. The van der Waals surface area contributed by atoms with Crippen LogP contribution in [-0.2, 0) is 28.5 Å². The van der Waals surface area contributed by atoms with Crippen molar-refractivity contribution in [3.63, 3.8) is 0 Å². The van der Waals surface area contributed by atoms with Crippen LogP contribution in [0.3, 0.4) is 0 Å². The molecule has 0 heterocycles. The molecule has 0 aromatic heterocycles. The first-order chi connectivity index (χ1) is 8.58. The van der Waals surface area contributed by atoms with Gasteiger partial charge in [-0.1, -0.05) is 0 Å². The van der Waals surface area contributed by atoms with E-state index in [0.717, 1.165) is 0 Å². The van der Waals surface area contributed by atoms with E-state index in [0.29, 0.717) is 12.8 Å².